The first-order valence-corrected chi connectivity index (χ1v) is 3.50. The van der Waals surface area contributed by atoms with E-state index >= 15 is 0 Å². The van der Waals surface area contributed by atoms with E-state index in [1.165, 1.54) is 0 Å². The van der Waals surface area contributed by atoms with Crippen molar-refractivity contribution in [2.24, 2.45) is 0 Å². The van der Waals surface area contributed by atoms with Crippen LogP contribution in [-0.2, 0) is 4.79 Å². The lowest BCUT2D eigenvalue weighted by atomic mass is 10.3. The quantitative estimate of drug-likeness (QED) is 0.617. The highest BCUT2D eigenvalue weighted by Gasteiger charge is 2.11. The maximum absolute atomic E-state index is 10.9. The lowest BCUT2D eigenvalue weighted by molar-refractivity contribution is -0.132. The van der Waals surface area contributed by atoms with Gasteiger partial charge in [0, 0.05) is 13.5 Å². The average molecular weight is 145 g/mol. The first-order chi connectivity index (χ1) is 4.63. The van der Waals surface area contributed by atoms with E-state index in [1.54, 1.807) is 11.9 Å². The summed E-state index contributed by atoms with van der Waals surface area (Å²) in [4.78, 5) is 12.5. The summed E-state index contributed by atoms with van der Waals surface area (Å²) in [6.45, 7) is 3.65. The van der Waals surface area contributed by atoms with Crippen molar-refractivity contribution >= 4 is 5.91 Å². The van der Waals surface area contributed by atoms with E-state index in [2.05, 4.69) is 0 Å². The number of nitrogens with zero attached hydrogens (tertiary/aromatic N) is 1. The zero-order valence-corrected chi connectivity index (χ0v) is 6.79. The highest BCUT2D eigenvalue weighted by molar-refractivity contribution is 5.75. The number of hydrogen-bond acceptors (Lipinski definition) is 2. The summed E-state index contributed by atoms with van der Waals surface area (Å²) in [5.41, 5.74) is 0. The maximum Gasteiger partial charge on any atom is 0.222 e. The third-order valence-corrected chi connectivity index (χ3v) is 1.62. The van der Waals surface area contributed by atoms with Crippen molar-refractivity contribution in [2.45, 2.75) is 26.3 Å². The van der Waals surface area contributed by atoms with Gasteiger partial charge in [-0.1, -0.05) is 6.92 Å². The molecule has 0 radical (unpaired) electrons. The molecule has 3 heteroatoms. The third-order valence-electron chi connectivity index (χ3n) is 1.62. The molecule has 0 saturated carbocycles. The number of rotatable bonds is 3. The van der Waals surface area contributed by atoms with Crippen LogP contribution in [0.4, 0.5) is 0 Å². The van der Waals surface area contributed by atoms with Crippen molar-refractivity contribution in [3.63, 3.8) is 0 Å². The molecule has 1 N–H and O–H groups in total. The molecule has 0 aliphatic heterocycles. The van der Waals surface area contributed by atoms with E-state index in [4.69, 9.17) is 5.11 Å². The fourth-order valence-corrected chi connectivity index (χ4v) is 0.618. The van der Waals surface area contributed by atoms with Crippen molar-refractivity contribution in [2.75, 3.05) is 13.7 Å². The topological polar surface area (TPSA) is 40.5 Å². The minimum absolute atomic E-state index is 0.0300. The minimum Gasteiger partial charge on any atom is -0.394 e. The van der Waals surface area contributed by atoms with Gasteiger partial charge in [0.25, 0.3) is 0 Å². The molecule has 0 aliphatic rings. The van der Waals surface area contributed by atoms with E-state index in [9.17, 15) is 4.79 Å². The molecule has 1 atom stereocenters. The molecule has 0 unspecified atom stereocenters. The molecule has 0 fully saturated rings. The Labute approximate surface area is 61.6 Å². The number of aliphatic hydroxyl groups is 1. The number of amides is 1. The van der Waals surface area contributed by atoms with E-state index < -0.39 is 0 Å². The highest BCUT2D eigenvalue weighted by atomic mass is 16.3. The smallest absolute Gasteiger partial charge is 0.222 e. The highest BCUT2D eigenvalue weighted by Crippen LogP contribution is 1.96. The number of aliphatic hydroxyl groups excluding tert-OH is 1. The molecule has 0 aliphatic carbocycles. The van der Waals surface area contributed by atoms with Crippen LogP contribution in [0, 0.1) is 0 Å². The van der Waals surface area contributed by atoms with Gasteiger partial charge in [0.15, 0.2) is 0 Å². The first kappa shape index (κ1) is 9.43. The molecule has 0 heterocycles. The molecule has 0 rings (SSSR count). The molecular weight excluding hydrogens is 130 g/mol. The zero-order chi connectivity index (χ0) is 8.15. The van der Waals surface area contributed by atoms with Gasteiger partial charge >= 0.3 is 0 Å². The Hall–Kier alpha value is -0.570. The Morgan fingerprint density at radius 2 is 2.20 bits per heavy atom. The normalized spacial score (nSPS) is 12.8. The average Bonchev–Trinajstić information content (AvgIpc) is 2.00. The second kappa shape index (κ2) is 4.28. The summed E-state index contributed by atoms with van der Waals surface area (Å²) in [5, 5.41) is 8.66. The molecule has 3 nitrogen and oxygen atoms in total. The summed E-state index contributed by atoms with van der Waals surface area (Å²) in [6, 6.07) is -0.0625. The lowest BCUT2D eigenvalue weighted by Crippen LogP contribution is -2.36. The van der Waals surface area contributed by atoms with Gasteiger partial charge in [0.1, 0.15) is 0 Å². The van der Waals surface area contributed by atoms with E-state index in [-0.39, 0.29) is 18.6 Å². The molecule has 0 aromatic carbocycles. The van der Waals surface area contributed by atoms with Gasteiger partial charge in [-0.2, -0.15) is 0 Å². The summed E-state index contributed by atoms with van der Waals surface area (Å²) < 4.78 is 0. The van der Waals surface area contributed by atoms with Gasteiger partial charge in [0.05, 0.1) is 12.6 Å². The Kier molecular flexibility index (Phi) is 4.03. The molecule has 0 bridgehead atoms. The Balaban J connectivity index is 3.81. The van der Waals surface area contributed by atoms with E-state index in [0.717, 1.165) is 0 Å². The Morgan fingerprint density at radius 3 is 2.50 bits per heavy atom. The molecule has 0 aromatic heterocycles. The molecule has 0 saturated heterocycles. The van der Waals surface area contributed by atoms with Gasteiger partial charge in [-0.3, -0.25) is 4.79 Å². The lowest BCUT2D eigenvalue weighted by Gasteiger charge is -2.22. The maximum atomic E-state index is 10.9. The zero-order valence-electron chi connectivity index (χ0n) is 6.79. The fourth-order valence-electron chi connectivity index (χ4n) is 0.618. The van der Waals surface area contributed by atoms with Gasteiger partial charge in [0.2, 0.25) is 5.91 Å². The number of carbonyl (C=O) groups excluding carboxylic acids is 1. The minimum atomic E-state index is -0.0625. The summed E-state index contributed by atoms with van der Waals surface area (Å²) in [6.07, 6.45) is 0.501. The van der Waals surface area contributed by atoms with Crippen molar-refractivity contribution in [3.8, 4) is 0 Å². The van der Waals surface area contributed by atoms with Gasteiger partial charge in [-0.05, 0) is 6.92 Å². The second-order valence-electron chi connectivity index (χ2n) is 2.39. The molecule has 1 amide bonds. The second-order valence-corrected chi connectivity index (χ2v) is 2.39. The first-order valence-electron chi connectivity index (χ1n) is 3.50. The van der Waals surface area contributed by atoms with Crippen LogP contribution >= 0.6 is 0 Å². The monoisotopic (exact) mass is 145 g/mol. The standard InChI is InChI=1S/C7H15NO2/c1-4-7(10)8(3)6(2)5-9/h6,9H,4-5H2,1-3H3/t6-/m1/s1. The van der Waals surface area contributed by atoms with Crippen LogP contribution in [0.5, 0.6) is 0 Å². The van der Waals surface area contributed by atoms with Crippen LogP contribution in [0.2, 0.25) is 0 Å². The van der Waals surface area contributed by atoms with E-state index in [0.29, 0.717) is 6.42 Å². The van der Waals surface area contributed by atoms with Crippen molar-refractivity contribution in [1.82, 2.24) is 4.90 Å². The predicted molar refractivity (Wildman–Crippen MR) is 39.6 cm³/mol. The molecule has 0 spiro atoms. The summed E-state index contributed by atoms with van der Waals surface area (Å²) in [5.74, 6) is 0.0709. The SMILES string of the molecule is CCC(=O)N(C)[C@H](C)CO. The Bertz CT molecular complexity index is 114. The van der Waals surface area contributed by atoms with Crippen molar-refractivity contribution in [1.29, 1.82) is 0 Å². The van der Waals surface area contributed by atoms with Gasteiger partial charge in [-0.15, -0.1) is 0 Å². The van der Waals surface area contributed by atoms with Gasteiger partial charge in [-0.25, -0.2) is 0 Å². The van der Waals surface area contributed by atoms with Crippen molar-refractivity contribution in [3.05, 3.63) is 0 Å². The van der Waals surface area contributed by atoms with Crippen LogP contribution in [-0.4, -0.2) is 35.6 Å². The summed E-state index contributed by atoms with van der Waals surface area (Å²) >= 11 is 0. The Morgan fingerprint density at radius 1 is 1.70 bits per heavy atom. The van der Waals surface area contributed by atoms with Crippen LogP contribution in [0.25, 0.3) is 0 Å². The number of hydrogen-bond donors (Lipinski definition) is 1. The van der Waals surface area contributed by atoms with Crippen LogP contribution in [0.3, 0.4) is 0 Å². The third kappa shape index (κ3) is 2.35. The number of likely N-dealkylation sites (N-methyl/N-ethyl adjacent to an activating group) is 1. The largest absolute Gasteiger partial charge is 0.394 e. The molecular formula is C7H15NO2. The van der Waals surface area contributed by atoms with Crippen molar-refractivity contribution < 1.29 is 9.90 Å². The van der Waals surface area contributed by atoms with Crippen LogP contribution < -0.4 is 0 Å². The number of carbonyl (C=O) groups is 1. The van der Waals surface area contributed by atoms with Gasteiger partial charge < -0.3 is 10.0 Å². The summed E-state index contributed by atoms with van der Waals surface area (Å²) in [7, 11) is 1.70. The fraction of sp³-hybridized carbons (Fsp3) is 0.857. The predicted octanol–water partition coefficient (Wildman–Crippen LogP) is 0.236. The van der Waals surface area contributed by atoms with Crippen LogP contribution in [0.1, 0.15) is 20.3 Å². The molecule has 60 valence electrons. The van der Waals surface area contributed by atoms with Crippen LogP contribution in [0.15, 0.2) is 0 Å². The molecule has 0 aromatic rings. The van der Waals surface area contributed by atoms with E-state index in [1.807, 2.05) is 13.8 Å². The molecule has 10 heavy (non-hydrogen) atoms.